The summed E-state index contributed by atoms with van der Waals surface area (Å²) in [6.07, 6.45) is 1.99. The lowest BCUT2D eigenvalue weighted by atomic mass is 10.1. The first-order valence-corrected chi connectivity index (χ1v) is 7.67. The summed E-state index contributed by atoms with van der Waals surface area (Å²) in [7, 11) is 0. The second kappa shape index (κ2) is 6.38. The molecule has 1 amide bonds. The van der Waals surface area contributed by atoms with Crippen LogP contribution in [0.4, 0.5) is 4.79 Å². The molecule has 0 radical (unpaired) electrons. The summed E-state index contributed by atoms with van der Waals surface area (Å²) in [6.45, 7) is 9.83. The lowest BCUT2D eigenvalue weighted by Gasteiger charge is -2.25. The third-order valence-corrected chi connectivity index (χ3v) is 3.19. The molecule has 0 saturated carbocycles. The molecule has 0 aliphatic rings. The van der Waals surface area contributed by atoms with E-state index in [-0.39, 0.29) is 6.17 Å². The number of hydrogen-bond donors (Lipinski definition) is 1. The highest BCUT2D eigenvalue weighted by atomic mass is 16.6. The summed E-state index contributed by atoms with van der Waals surface area (Å²) in [6, 6.07) is 7.90. The normalized spacial score (nSPS) is 13.4. The molecule has 22 heavy (non-hydrogen) atoms. The van der Waals surface area contributed by atoms with Gasteiger partial charge in [0.15, 0.2) is 0 Å². The summed E-state index contributed by atoms with van der Waals surface area (Å²) in [5.74, 6) is 0.432. The number of benzene rings is 1. The molecule has 0 saturated heterocycles. The molecule has 0 spiro atoms. The zero-order valence-electron chi connectivity index (χ0n) is 14.0. The minimum absolute atomic E-state index is 0.178. The standard InChI is InChI=1S/C17H25N3O2/c1-12(2)10-15(19-16(21)22-17(3,4)5)20-11-18-13-8-6-7-9-14(13)20/h6-9,11-12,15H,10H2,1-5H3,(H,19,21). The number of nitrogens with zero attached hydrogens (tertiary/aromatic N) is 2. The monoisotopic (exact) mass is 303 g/mol. The molecular weight excluding hydrogens is 278 g/mol. The predicted octanol–water partition coefficient (Wildman–Crippen LogP) is 4.11. The number of hydrogen-bond acceptors (Lipinski definition) is 3. The first kappa shape index (κ1) is 16.3. The van der Waals surface area contributed by atoms with Crippen LogP contribution in [0.5, 0.6) is 0 Å². The molecule has 1 heterocycles. The first-order valence-electron chi connectivity index (χ1n) is 7.67. The summed E-state index contributed by atoms with van der Waals surface area (Å²) in [4.78, 5) is 16.5. The van der Waals surface area contributed by atoms with Gasteiger partial charge in [0.25, 0.3) is 0 Å². The average molecular weight is 303 g/mol. The Morgan fingerprint density at radius 2 is 2.00 bits per heavy atom. The maximum atomic E-state index is 12.1. The molecule has 1 aromatic carbocycles. The van der Waals surface area contributed by atoms with Crippen LogP contribution in [-0.4, -0.2) is 21.2 Å². The van der Waals surface area contributed by atoms with Crippen LogP contribution in [0.1, 0.15) is 47.2 Å². The van der Waals surface area contributed by atoms with Crippen molar-refractivity contribution in [1.82, 2.24) is 14.9 Å². The molecule has 5 heteroatoms. The summed E-state index contributed by atoms with van der Waals surface area (Å²) in [5, 5.41) is 2.96. The molecule has 1 aromatic heterocycles. The van der Waals surface area contributed by atoms with Crippen molar-refractivity contribution in [2.75, 3.05) is 0 Å². The van der Waals surface area contributed by atoms with Crippen LogP contribution in [0.25, 0.3) is 11.0 Å². The molecule has 0 aliphatic heterocycles. The fraction of sp³-hybridized carbons (Fsp3) is 0.529. The number of aromatic nitrogens is 2. The number of ether oxygens (including phenoxy) is 1. The van der Waals surface area contributed by atoms with Crippen LogP contribution < -0.4 is 5.32 Å². The highest BCUT2D eigenvalue weighted by Crippen LogP contribution is 2.21. The van der Waals surface area contributed by atoms with Crippen molar-refractivity contribution < 1.29 is 9.53 Å². The number of imidazole rings is 1. The fourth-order valence-corrected chi connectivity index (χ4v) is 2.36. The van der Waals surface area contributed by atoms with Crippen molar-refractivity contribution in [3.63, 3.8) is 0 Å². The Morgan fingerprint density at radius 3 is 2.64 bits per heavy atom. The van der Waals surface area contributed by atoms with Gasteiger partial charge in [0.2, 0.25) is 0 Å². The quantitative estimate of drug-likeness (QED) is 0.925. The minimum atomic E-state index is -0.510. The van der Waals surface area contributed by atoms with E-state index in [4.69, 9.17) is 4.74 Å². The maximum absolute atomic E-state index is 12.1. The molecular formula is C17H25N3O2. The predicted molar refractivity (Wildman–Crippen MR) is 87.6 cm³/mol. The molecule has 1 N–H and O–H groups in total. The Hall–Kier alpha value is -2.04. The third kappa shape index (κ3) is 4.23. The highest BCUT2D eigenvalue weighted by Gasteiger charge is 2.22. The van der Waals surface area contributed by atoms with E-state index >= 15 is 0 Å². The summed E-state index contributed by atoms with van der Waals surface area (Å²) in [5.41, 5.74) is 1.41. The Kier molecular flexibility index (Phi) is 4.74. The topological polar surface area (TPSA) is 56.1 Å². The van der Waals surface area contributed by atoms with E-state index in [0.717, 1.165) is 17.5 Å². The fourth-order valence-electron chi connectivity index (χ4n) is 2.36. The van der Waals surface area contributed by atoms with E-state index in [9.17, 15) is 4.79 Å². The molecule has 1 atom stereocenters. The zero-order chi connectivity index (χ0) is 16.3. The lowest BCUT2D eigenvalue weighted by molar-refractivity contribution is 0.0474. The molecule has 120 valence electrons. The molecule has 2 rings (SSSR count). The second-order valence-electron chi connectivity index (χ2n) is 6.93. The van der Waals surface area contributed by atoms with Gasteiger partial charge >= 0.3 is 6.09 Å². The van der Waals surface area contributed by atoms with Gasteiger partial charge in [-0.2, -0.15) is 0 Å². The van der Waals surface area contributed by atoms with Crippen LogP contribution >= 0.6 is 0 Å². The van der Waals surface area contributed by atoms with Crippen molar-refractivity contribution in [3.05, 3.63) is 30.6 Å². The minimum Gasteiger partial charge on any atom is -0.444 e. The number of amides is 1. The van der Waals surface area contributed by atoms with Crippen molar-refractivity contribution in [2.45, 2.75) is 52.8 Å². The Balaban J connectivity index is 2.24. The van der Waals surface area contributed by atoms with Gasteiger partial charge in [-0.05, 0) is 45.2 Å². The van der Waals surface area contributed by atoms with Gasteiger partial charge in [-0.25, -0.2) is 9.78 Å². The number of nitrogens with one attached hydrogen (secondary N) is 1. The van der Waals surface area contributed by atoms with Crippen LogP contribution in [0, 0.1) is 5.92 Å². The van der Waals surface area contributed by atoms with Crippen LogP contribution in [-0.2, 0) is 4.74 Å². The number of fused-ring (bicyclic) bond motifs is 1. The largest absolute Gasteiger partial charge is 0.444 e. The number of rotatable bonds is 4. The molecule has 2 aromatic rings. The van der Waals surface area contributed by atoms with Gasteiger partial charge in [0, 0.05) is 0 Å². The van der Waals surface area contributed by atoms with Gasteiger partial charge < -0.3 is 14.6 Å². The first-order chi connectivity index (χ1) is 10.3. The molecule has 0 fully saturated rings. The smallest absolute Gasteiger partial charge is 0.409 e. The van der Waals surface area contributed by atoms with Crippen LogP contribution in [0.3, 0.4) is 0 Å². The van der Waals surface area contributed by atoms with E-state index < -0.39 is 11.7 Å². The zero-order valence-corrected chi connectivity index (χ0v) is 14.0. The van der Waals surface area contributed by atoms with Gasteiger partial charge in [-0.3, -0.25) is 0 Å². The van der Waals surface area contributed by atoms with Crippen molar-refractivity contribution in [1.29, 1.82) is 0 Å². The Labute approximate surface area is 131 Å². The van der Waals surface area contributed by atoms with E-state index in [0.29, 0.717) is 5.92 Å². The lowest BCUT2D eigenvalue weighted by Crippen LogP contribution is -2.37. The number of carbonyl (C=O) groups is 1. The SMILES string of the molecule is CC(C)CC(NC(=O)OC(C)(C)C)n1cnc2ccccc21. The second-order valence-corrected chi connectivity index (χ2v) is 6.93. The third-order valence-electron chi connectivity index (χ3n) is 3.19. The maximum Gasteiger partial charge on any atom is 0.409 e. The summed E-state index contributed by atoms with van der Waals surface area (Å²) >= 11 is 0. The molecule has 5 nitrogen and oxygen atoms in total. The average Bonchev–Trinajstić information content (AvgIpc) is 2.78. The Morgan fingerprint density at radius 1 is 1.32 bits per heavy atom. The summed E-state index contributed by atoms with van der Waals surface area (Å²) < 4.78 is 7.38. The van der Waals surface area contributed by atoms with Crippen molar-refractivity contribution >= 4 is 17.1 Å². The number of alkyl carbamates (subject to hydrolysis) is 1. The van der Waals surface area contributed by atoms with E-state index in [1.165, 1.54) is 0 Å². The molecule has 1 unspecified atom stereocenters. The van der Waals surface area contributed by atoms with Crippen molar-refractivity contribution in [2.24, 2.45) is 5.92 Å². The van der Waals surface area contributed by atoms with Crippen LogP contribution in [0.15, 0.2) is 30.6 Å². The van der Waals surface area contributed by atoms with Gasteiger partial charge in [0.1, 0.15) is 11.8 Å². The number of para-hydroxylation sites is 2. The molecule has 0 bridgehead atoms. The van der Waals surface area contributed by atoms with Gasteiger partial charge in [-0.1, -0.05) is 26.0 Å². The Bertz CT molecular complexity index is 641. The van der Waals surface area contributed by atoms with Gasteiger partial charge in [-0.15, -0.1) is 0 Å². The van der Waals surface area contributed by atoms with E-state index in [2.05, 4.69) is 24.1 Å². The molecule has 0 aliphatic carbocycles. The van der Waals surface area contributed by atoms with Gasteiger partial charge in [0.05, 0.1) is 17.4 Å². The van der Waals surface area contributed by atoms with E-state index in [1.54, 1.807) is 6.33 Å². The van der Waals surface area contributed by atoms with Crippen LogP contribution in [0.2, 0.25) is 0 Å². The highest BCUT2D eigenvalue weighted by molar-refractivity contribution is 5.75. The number of carbonyl (C=O) groups excluding carboxylic acids is 1. The van der Waals surface area contributed by atoms with E-state index in [1.807, 2.05) is 49.6 Å². The van der Waals surface area contributed by atoms with Crippen molar-refractivity contribution in [3.8, 4) is 0 Å².